The summed E-state index contributed by atoms with van der Waals surface area (Å²) in [5.41, 5.74) is 0. The zero-order valence-corrected chi connectivity index (χ0v) is 30.2. The van der Waals surface area contributed by atoms with Gasteiger partial charge in [0, 0.05) is 0 Å². The Morgan fingerprint density at radius 3 is 0.592 bits per heavy atom. The first-order chi connectivity index (χ1) is 23.6. The summed E-state index contributed by atoms with van der Waals surface area (Å²) in [6.07, 6.45) is 0. The molecule has 7 aromatic carbocycles. The third-order valence-corrected chi connectivity index (χ3v) is 12.4. The van der Waals surface area contributed by atoms with E-state index in [0.717, 1.165) is 0 Å². The van der Waals surface area contributed by atoms with Gasteiger partial charge in [0.05, 0.1) is 15.8 Å². The molecule has 6 heteroatoms. The fourth-order valence-corrected chi connectivity index (χ4v) is 10.1. The van der Waals surface area contributed by atoms with Gasteiger partial charge in [0.15, 0.2) is 6.68 Å². The summed E-state index contributed by atoms with van der Waals surface area (Å²) in [4.78, 5) is 0. The molecule has 0 unspecified atom stereocenters. The van der Waals surface area contributed by atoms with Gasteiger partial charge in [0.1, 0.15) is 31.8 Å². The van der Waals surface area contributed by atoms with Crippen LogP contribution in [0.3, 0.4) is 0 Å². The Balaban J connectivity index is 0.000000205. The first kappa shape index (κ1) is 39.3. The smallest absolute Gasteiger partial charge is 0.385 e. The summed E-state index contributed by atoms with van der Waals surface area (Å²) < 4.78 is 28.8. The molecule has 0 aliphatic heterocycles. The van der Waals surface area contributed by atoms with Crippen LogP contribution in [0.25, 0.3) is 0 Å². The molecule has 0 heterocycles. The van der Waals surface area contributed by atoms with E-state index in [2.05, 4.69) is 188 Å². The SMILES string of the molecule is F[C-](F)F.[Pd+2].[c-]1ccccc1.c1ccc([PH+](c2ccccc2)c2ccccc2)cc1.c1ccc([PH+](c2ccccc2)c2ccccc2)cc1. The fraction of sp³-hybridized carbons (Fsp3) is 0. The van der Waals surface area contributed by atoms with Crippen LogP contribution in [0.1, 0.15) is 0 Å². The average molecular weight is 779 g/mol. The van der Waals surface area contributed by atoms with Gasteiger partial charge >= 0.3 is 20.4 Å². The van der Waals surface area contributed by atoms with Crippen LogP contribution in [-0.4, -0.2) is 0 Å². The van der Waals surface area contributed by atoms with Gasteiger partial charge in [-0.05, 0) is 72.8 Å². The molecule has 0 fully saturated rings. The number of halogens is 3. The van der Waals surface area contributed by atoms with Crippen molar-refractivity contribution in [1.82, 2.24) is 0 Å². The van der Waals surface area contributed by atoms with Crippen molar-refractivity contribution in [2.45, 2.75) is 0 Å². The largest absolute Gasteiger partial charge is 2.00 e. The monoisotopic (exact) mass is 778 g/mol. The van der Waals surface area contributed by atoms with E-state index in [9.17, 15) is 13.2 Å². The van der Waals surface area contributed by atoms with Crippen molar-refractivity contribution in [2.75, 3.05) is 0 Å². The van der Waals surface area contributed by atoms with Crippen LogP contribution in [0.15, 0.2) is 212 Å². The molecule has 0 saturated carbocycles. The van der Waals surface area contributed by atoms with Crippen LogP contribution in [0.2, 0.25) is 0 Å². The van der Waals surface area contributed by atoms with E-state index in [-0.39, 0.29) is 20.4 Å². The molecule has 0 amide bonds. The Morgan fingerprint density at radius 2 is 0.469 bits per heavy atom. The summed E-state index contributed by atoms with van der Waals surface area (Å²) in [5, 5.41) is 8.61. The molecular formula is C43H37F3P2Pd+2. The van der Waals surface area contributed by atoms with Crippen LogP contribution in [-0.2, 0) is 20.4 Å². The summed E-state index contributed by atoms with van der Waals surface area (Å²) in [7, 11) is -1.75. The number of rotatable bonds is 6. The van der Waals surface area contributed by atoms with E-state index in [4.69, 9.17) is 0 Å². The second-order valence-electron chi connectivity index (χ2n) is 10.2. The molecule has 0 aromatic heterocycles. The van der Waals surface area contributed by atoms with Crippen molar-refractivity contribution in [3.05, 3.63) is 225 Å². The first-order valence-corrected chi connectivity index (χ1v) is 18.4. The molecular weight excluding hydrogens is 742 g/mol. The molecule has 0 bridgehead atoms. The molecule has 0 saturated heterocycles. The van der Waals surface area contributed by atoms with Gasteiger partial charge in [-0.25, -0.2) is 0 Å². The molecule has 0 nitrogen and oxygen atoms in total. The summed E-state index contributed by atoms with van der Waals surface area (Å²) in [6, 6.07) is 77.5. The van der Waals surface area contributed by atoms with E-state index < -0.39 is 22.5 Å². The van der Waals surface area contributed by atoms with Crippen molar-refractivity contribution >= 4 is 47.7 Å². The fourth-order valence-electron chi connectivity index (χ4n) is 4.97. The molecule has 0 aliphatic carbocycles. The Kier molecular flexibility index (Phi) is 18.6. The molecule has 248 valence electrons. The minimum Gasteiger partial charge on any atom is -0.385 e. The van der Waals surface area contributed by atoms with E-state index in [0.29, 0.717) is 0 Å². The summed E-state index contributed by atoms with van der Waals surface area (Å²) in [6.45, 7) is -3.08. The summed E-state index contributed by atoms with van der Waals surface area (Å²) in [5.74, 6) is 0. The van der Waals surface area contributed by atoms with Crippen LogP contribution in [0.4, 0.5) is 13.2 Å². The normalized spacial score (nSPS) is 9.92. The maximum absolute atomic E-state index is 9.58. The second kappa shape index (κ2) is 23.2. The van der Waals surface area contributed by atoms with Gasteiger partial charge in [-0.15, -0.1) is 0 Å². The zero-order chi connectivity index (χ0) is 33.7. The van der Waals surface area contributed by atoms with Crippen LogP contribution >= 0.6 is 15.8 Å². The van der Waals surface area contributed by atoms with Gasteiger partial charge in [0.25, 0.3) is 0 Å². The van der Waals surface area contributed by atoms with E-state index in [1.54, 1.807) is 0 Å². The number of hydrogen-bond acceptors (Lipinski definition) is 0. The molecule has 0 aliphatic rings. The maximum Gasteiger partial charge on any atom is 2.00 e. The van der Waals surface area contributed by atoms with E-state index >= 15 is 0 Å². The van der Waals surface area contributed by atoms with Crippen molar-refractivity contribution < 1.29 is 33.6 Å². The zero-order valence-electron chi connectivity index (χ0n) is 26.7. The standard InChI is InChI=1S/2C18H15P.C6H5.CF3.Pd/c2*1-4-10-16(11-5-1)19(17-12-6-2-7-13-17)18-14-8-3-9-15-18;1-2-4-6-5-3-1;2-1(3)4;/h2*1-15H;1-5H;;/q;;2*-1;+2/p+2. The van der Waals surface area contributed by atoms with Gasteiger partial charge < -0.3 is 13.2 Å². The van der Waals surface area contributed by atoms with Gasteiger partial charge in [-0.2, -0.15) is 36.4 Å². The maximum atomic E-state index is 9.58. The Morgan fingerprint density at radius 1 is 0.306 bits per heavy atom. The van der Waals surface area contributed by atoms with E-state index in [1.807, 2.05) is 30.3 Å². The molecule has 7 rings (SSSR count). The molecule has 7 aromatic rings. The third-order valence-electron chi connectivity index (χ3n) is 6.98. The van der Waals surface area contributed by atoms with Crippen molar-refractivity contribution in [2.24, 2.45) is 0 Å². The van der Waals surface area contributed by atoms with Crippen molar-refractivity contribution in [1.29, 1.82) is 0 Å². The van der Waals surface area contributed by atoms with Crippen molar-refractivity contribution in [3.8, 4) is 0 Å². The Bertz CT molecular complexity index is 1450. The number of hydrogen-bond donors (Lipinski definition) is 0. The van der Waals surface area contributed by atoms with Crippen LogP contribution < -0.4 is 31.8 Å². The first-order valence-electron chi connectivity index (χ1n) is 15.4. The van der Waals surface area contributed by atoms with Gasteiger partial charge in [-0.3, -0.25) is 0 Å². The predicted octanol–water partition coefficient (Wildman–Crippen LogP) is 9.18. The molecule has 0 N–H and O–H groups in total. The third kappa shape index (κ3) is 14.1. The molecule has 0 radical (unpaired) electrons. The predicted molar refractivity (Wildman–Crippen MR) is 205 cm³/mol. The Labute approximate surface area is 304 Å². The van der Waals surface area contributed by atoms with Gasteiger partial charge in [0.2, 0.25) is 0 Å². The van der Waals surface area contributed by atoms with Gasteiger partial charge in [-0.1, -0.05) is 109 Å². The van der Waals surface area contributed by atoms with Crippen LogP contribution in [0.5, 0.6) is 0 Å². The number of benzene rings is 7. The summed E-state index contributed by atoms with van der Waals surface area (Å²) >= 11 is 0. The molecule has 0 atom stereocenters. The average Bonchev–Trinajstić information content (AvgIpc) is 3.16. The molecule has 49 heavy (non-hydrogen) atoms. The quantitative estimate of drug-likeness (QED) is 0.0898. The van der Waals surface area contributed by atoms with E-state index in [1.165, 1.54) is 31.8 Å². The second-order valence-corrected chi connectivity index (χ2v) is 15.2. The topological polar surface area (TPSA) is 0 Å². The van der Waals surface area contributed by atoms with Crippen molar-refractivity contribution in [3.63, 3.8) is 0 Å². The minimum absolute atomic E-state index is 0. The minimum atomic E-state index is -3.08. The Hall–Kier alpha value is -4.15. The molecule has 0 spiro atoms. The van der Waals surface area contributed by atoms with Crippen LogP contribution in [0, 0.1) is 12.7 Å².